The van der Waals surface area contributed by atoms with Crippen LogP contribution >= 0.6 is 0 Å². The van der Waals surface area contributed by atoms with Crippen molar-refractivity contribution in [2.75, 3.05) is 24.4 Å². The van der Waals surface area contributed by atoms with Crippen LogP contribution in [0.3, 0.4) is 0 Å². The normalized spacial score (nSPS) is 13.1. The molecule has 0 radical (unpaired) electrons. The average molecular weight is 444 g/mol. The van der Waals surface area contributed by atoms with Crippen LogP contribution in [-0.2, 0) is 19.1 Å². The summed E-state index contributed by atoms with van der Waals surface area (Å²) < 4.78 is 15.4. The van der Waals surface area contributed by atoms with Crippen molar-refractivity contribution in [1.82, 2.24) is 0 Å². The smallest absolute Gasteiger partial charge is 0.355 e. The van der Waals surface area contributed by atoms with Crippen LogP contribution in [0, 0.1) is 0 Å². The SMILES string of the molecule is COC(=O)C1=C(C(=O)OC)N(c2cccc(NC(=O)c3cc4ccccc4o3)c2)C=CC=C1. The number of rotatable bonds is 5. The molecule has 0 saturated carbocycles. The third kappa shape index (κ3) is 4.40. The fourth-order valence-corrected chi connectivity index (χ4v) is 3.39. The van der Waals surface area contributed by atoms with Gasteiger partial charge in [-0.3, -0.25) is 4.79 Å². The number of fused-ring (bicyclic) bond motifs is 1. The van der Waals surface area contributed by atoms with Crippen molar-refractivity contribution in [2.24, 2.45) is 0 Å². The van der Waals surface area contributed by atoms with Gasteiger partial charge in [0.15, 0.2) is 5.76 Å². The third-order valence-corrected chi connectivity index (χ3v) is 4.92. The fraction of sp³-hybridized carbons (Fsp3) is 0.0800. The Labute approximate surface area is 189 Å². The molecule has 33 heavy (non-hydrogen) atoms. The van der Waals surface area contributed by atoms with E-state index in [4.69, 9.17) is 13.9 Å². The summed E-state index contributed by atoms with van der Waals surface area (Å²) in [5.74, 6) is -1.66. The number of anilines is 2. The molecule has 1 aliphatic heterocycles. The number of benzene rings is 2. The van der Waals surface area contributed by atoms with E-state index in [1.54, 1.807) is 54.8 Å². The molecule has 1 amide bonds. The molecule has 1 aliphatic rings. The second kappa shape index (κ2) is 9.27. The number of carbonyl (C=O) groups is 3. The Kier molecular flexibility index (Phi) is 6.08. The lowest BCUT2D eigenvalue weighted by Crippen LogP contribution is -2.27. The van der Waals surface area contributed by atoms with E-state index in [0.29, 0.717) is 17.0 Å². The molecule has 8 heteroatoms. The maximum Gasteiger partial charge on any atom is 0.355 e. The molecule has 0 aliphatic carbocycles. The van der Waals surface area contributed by atoms with Gasteiger partial charge in [0.25, 0.3) is 5.91 Å². The summed E-state index contributed by atoms with van der Waals surface area (Å²) in [6.45, 7) is 0. The number of hydrogen-bond acceptors (Lipinski definition) is 7. The molecule has 0 spiro atoms. The maximum absolute atomic E-state index is 12.7. The first kappa shape index (κ1) is 21.6. The Morgan fingerprint density at radius 3 is 2.45 bits per heavy atom. The molecular formula is C25H20N2O6. The Hall–Kier alpha value is -4.59. The third-order valence-electron chi connectivity index (χ3n) is 4.92. The molecule has 0 saturated heterocycles. The highest BCUT2D eigenvalue weighted by Gasteiger charge is 2.27. The summed E-state index contributed by atoms with van der Waals surface area (Å²) in [4.78, 5) is 39.1. The standard InChI is InChI=1S/C25H20N2O6/c1-31-24(29)19-11-5-6-13-27(22(19)25(30)32-2)18-10-7-9-17(15-18)26-23(28)21-14-16-8-3-4-12-20(16)33-21/h3-15H,1-2H3,(H,26,28). The van der Waals surface area contributed by atoms with E-state index < -0.39 is 17.8 Å². The van der Waals surface area contributed by atoms with Crippen molar-refractivity contribution in [1.29, 1.82) is 0 Å². The van der Waals surface area contributed by atoms with Gasteiger partial charge >= 0.3 is 11.9 Å². The second-order valence-corrected chi connectivity index (χ2v) is 6.97. The topological polar surface area (TPSA) is 98.1 Å². The van der Waals surface area contributed by atoms with E-state index in [9.17, 15) is 14.4 Å². The lowest BCUT2D eigenvalue weighted by molar-refractivity contribution is -0.139. The van der Waals surface area contributed by atoms with Crippen LogP contribution < -0.4 is 10.2 Å². The van der Waals surface area contributed by atoms with Gasteiger partial charge in [0.05, 0.1) is 19.8 Å². The molecule has 0 atom stereocenters. The van der Waals surface area contributed by atoms with E-state index in [1.807, 2.05) is 18.2 Å². The summed E-state index contributed by atoms with van der Waals surface area (Å²) >= 11 is 0. The number of esters is 2. The summed E-state index contributed by atoms with van der Waals surface area (Å²) in [5, 5.41) is 3.62. The van der Waals surface area contributed by atoms with Gasteiger partial charge in [-0.2, -0.15) is 0 Å². The molecule has 166 valence electrons. The van der Waals surface area contributed by atoms with Gasteiger partial charge in [-0.25, -0.2) is 9.59 Å². The Morgan fingerprint density at radius 2 is 1.70 bits per heavy atom. The minimum Gasteiger partial charge on any atom is -0.465 e. The van der Waals surface area contributed by atoms with Crippen LogP contribution in [0.4, 0.5) is 11.4 Å². The summed E-state index contributed by atoms with van der Waals surface area (Å²) in [6.07, 6.45) is 6.36. The zero-order valence-corrected chi connectivity index (χ0v) is 17.9. The van der Waals surface area contributed by atoms with Crippen molar-refractivity contribution in [3.63, 3.8) is 0 Å². The molecule has 0 bridgehead atoms. The summed E-state index contributed by atoms with van der Waals surface area (Å²) in [7, 11) is 2.46. The van der Waals surface area contributed by atoms with Crippen LogP contribution in [-0.4, -0.2) is 32.1 Å². The van der Waals surface area contributed by atoms with Crippen LogP contribution in [0.25, 0.3) is 11.0 Å². The number of hydrogen-bond donors (Lipinski definition) is 1. The zero-order valence-electron chi connectivity index (χ0n) is 17.9. The van der Waals surface area contributed by atoms with Crippen LogP contribution in [0.5, 0.6) is 0 Å². The molecule has 2 heterocycles. The van der Waals surface area contributed by atoms with Gasteiger partial charge in [0.1, 0.15) is 11.3 Å². The number of nitrogens with one attached hydrogen (secondary N) is 1. The van der Waals surface area contributed by atoms with Crippen LogP contribution in [0.15, 0.2) is 94.7 Å². The highest BCUT2D eigenvalue weighted by atomic mass is 16.5. The quantitative estimate of drug-likeness (QED) is 0.590. The van der Waals surface area contributed by atoms with E-state index >= 15 is 0 Å². The lowest BCUT2D eigenvalue weighted by Gasteiger charge is -2.23. The fourth-order valence-electron chi connectivity index (χ4n) is 3.39. The number of furan rings is 1. The zero-order chi connectivity index (χ0) is 23.4. The van der Waals surface area contributed by atoms with E-state index in [-0.39, 0.29) is 17.0 Å². The number of methoxy groups -OCH3 is 2. The molecule has 1 aromatic heterocycles. The van der Waals surface area contributed by atoms with Crippen LogP contribution in [0.1, 0.15) is 10.6 Å². The Morgan fingerprint density at radius 1 is 0.909 bits per heavy atom. The predicted molar refractivity (Wildman–Crippen MR) is 122 cm³/mol. The summed E-state index contributed by atoms with van der Waals surface area (Å²) in [6, 6.07) is 15.8. The first-order chi connectivity index (χ1) is 16.0. The molecule has 2 aromatic carbocycles. The Balaban J connectivity index is 1.67. The predicted octanol–water partition coefficient (Wildman–Crippen LogP) is 4.18. The first-order valence-corrected chi connectivity index (χ1v) is 9.97. The lowest BCUT2D eigenvalue weighted by atomic mass is 10.1. The highest BCUT2D eigenvalue weighted by molar-refractivity contribution is 6.06. The minimum atomic E-state index is -0.719. The number of ether oxygens (including phenoxy) is 2. The molecule has 3 aromatic rings. The molecule has 4 rings (SSSR count). The molecule has 0 fully saturated rings. The van der Waals surface area contributed by atoms with Gasteiger partial charge in [-0.15, -0.1) is 0 Å². The van der Waals surface area contributed by atoms with Gasteiger partial charge in [0.2, 0.25) is 0 Å². The second-order valence-electron chi connectivity index (χ2n) is 6.97. The van der Waals surface area contributed by atoms with Crippen molar-refractivity contribution in [3.8, 4) is 0 Å². The number of amides is 1. The molecule has 8 nitrogen and oxygen atoms in total. The molecule has 0 unspecified atom stereocenters. The van der Waals surface area contributed by atoms with Crippen molar-refractivity contribution in [2.45, 2.75) is 0 Å². The van der Waals surface area contributed by atoms with E-state index in [1.165, 1.54) is 25.2 Å². The monoisotopic (exact) mass is 444 g/mol. The van der Waals surface area contributed by atoms with E-state index in [2.05, 4.69) is 5.32 Å². The van der Waals surface area contributed by atoms with Crippen LogP contribution in [0.2, 0.25) is 0 Å². The maximum atomic E-state index is 12.7. The Bertz CT molecular complexity index is 1300. The number of para-hydroxylation sites is 1. The van der Waals surface area contributed by atoms with Gasteiger partial charge < -0.3 is 24.1 Å². The van der Waals surface area contributed by atoms with Crippen molar-refractivity contribution < 1.29 is 28.3 Å². The van der Waals surface area contributed by atoms with Crippen molar-refractivity contribution >= 4 is 40.2 Å². The van der Waals surface area contributed by atoms with Gasteiger partial charge in [0, 0.05) is 23.0 Å². The summed E-state index contributed by atoms with van der Waals surface area (Å²) in [5.41, 5.74) is 1.61. The number of allylic oxidation sites excluding steroid dienone is 2. The average Bonchev–Trinajstić information content (AvgIpc) is 3.15. The van der Waals surface area contributed by atoms with E-state index in [0.717, 1.165) is 5.39 Å². The largest absolute Gasteiger partial charge is 0.465 e. The minimum absolute atomic E-state index is 0.0184. The van der Waals surface area contributed by atoms with Gasteiger partial charge in [-0.1, -0.05) is 30.3 Å². The van der Waals surface area contributed by atoms with Crippen molar-refractivity contribution in [3.05, 3.63) is 96.1 Å². The number of nitrogens with zero attached hydrogens (tertiary/aromatic N) is 1. The van der Waals surface area contributed by atoms with Gasteiger partial charge in [-0.05, 0) is 42.5 Å². The highest BCUT2D eigenvalue weighted by Crippen LogP contribution is 2.29. The molecular weight excluding hydrogens is 424 g/mol. The first-order valence-electron chi connectivity index (χ1n) is 9.97. The molecule has 1 N–H and O–H groups in total. The number of carbonyl (C=O) groups excluding carboxylic acids is 3.